The average molecular weight is 405 g/mol. The number of benzene rings is 2. The Morgan fingerprint density at radius 3 is 2.28 bits per heavy atom. The molecule has 2 aromatic carbocycles. The minimum absolute atomic E-state index is 0.0687. The van der Waals surface area contributed by atoms with Gasteiger partial charge in [0.1, 0.15) is 0 Å². The first-order chi connectivity index (χ1) is 13.8. The number of carbonyl (C=O) groups is 2. The summed E-state index contributed by atoms with van der Waals surface area (Å²) in [5.74, 6) is -0.167. The van der Waals surface area contributed by atoms with Crippen LogP contribution in [-0.2, 0) is 4.79 Å². The fourth-order valence-electron chi connectivity index (χ4n) is 3.15. The number of thiazole rings is 1. The molecule has 29 heavy (non-hydrogen) atoms. The fourth-order valence-corrected chi connectivity index (χ4v) is 3.99. The fraction of sp³-hybridized carbons (Fsp3) is 0.208. The SMILES string of the molecule is CC(=O)N(c1nc(C=CC(=O)c2ccc(C)c(C)c2)cs1)c1c(C)cccc1C. The number of nitrogens with zero attached hydrogens (tertiary/aromatic N) is 2. The third kappa shape index (κ3) is 4.51. The molecule has 3 rings (SSSR count). The third-order valence-electron chi connectivity index (χ3n) is 4.88. The Kier molecular flexibility index (Phi) is 6.09. The summed E-state index contributed by atoms with van der Waals surface area (Å²) in [5.41, 5.74) is 6.43. The molecule has 0 fully saturated rings. The minimum atomic E-state index is -0.0986. The number of ketones is 1. The molecule has 3 aromatic rings. The van der Waals surface area contributed by atoms with Gasteiger partial charge >= 0.3 is 0 Å². The van der Waals surface area contributed by atoms with Crippen LogP contribution in [-0.4, -0.2) is 16.7 Å². The Morgan fingerprint density at radius 1 is 0.966 bits per heavy atom. The van der Waals surface area contributed by atoms with Crippen LogP contribution < -0.4 is 4.90 Å². The van der Waals surface area contributed by atoms with Crippen molar-refractivity contribution < 1.29 is 9.59 Å². The molecule has 148 valence electrons. The van der Waals surface area contributed by atoms with Crippen molar-refractivity contribution in [1.82, 2.24) is 4.98 Å². The molecule has 4 nitrogen and oxygen atoms in total. The van der Waals surface area contributed by atoms with E-state index in [0.717, 1.165) is 27.9 Å². The zero-order valence-electron chi connectivity index (χ0n) is 17.3. The van der Waals surface area contributed by atoms with Crippen LogP contribution in [0, 0.1) is 27.7 Å². The first-order valence-electron chi connectivity index (χ1n) is 9.40. The number of carbonyl (C=O) groups excluding carboxylic acids is 2. The number of amides is 1. The Labute approximate surface area is 175 Å². The molecule has 0 aliphatic carbocycles. The summed E-state index contributed by atoms with van der Waals surface area (Å²) in [7, 11) is 0. The van der Waals surface area contributed by atoms with Crippen LogP contribution >= 0.6 is 11.3 Å². The lowest BCUT2D eigenvalue weighted by Gasteiger charge is -2.22. The Hall–Kier alpha value is -3.05. The molecular formula is C24H24N2O2S. The van der Waals surface area contributed by atoms with Gasteiger partial charge in [-0.2, -0.15) is 0 Å². The van der Waals surface area contributed by atoms with E-state index < -0.39 is 0 Å². The Morgan fingerprint density at radius 2 is 1.66 bits per heavy atom. The van der Waals surface area contributed by atoms with E-state index in [1.54, 1.807) is 11.0 Å². The van der Waals surface area contributed by atoms with E-state index in [-0.39, 0.29) is 11.7 Å². The van der Waals surface area contributed by atoms with Crippen LogP contribution in [0.2, 0.25) is 0 Å². The van der Waals surface area contributed by atoms with Gasteiger partial charge in [0.25, 0.3) is 0 Å². The smallest absolute Gasteiger partial charge is 0.230 e. The van der Waals surface area contributed by atoms with Crippen molar-refractivity contribution >= 4 is 39.9 Å². The van der Waals surface area contributed by atoms with E-state index in [4.69, 9.17) is 0 Å². The highest BCUT2D eigenvalue weighted by atomic mass is 32.1. The standard InChI is InChI=1S/C24H24N2O2S/c1-15-9-10-20(13-18(15)4)22(28)12-11-21-14-29-24(25-21)26(19(5)27)23-16(2)7-6-8-17(23)3/h6-14H,1-5H3. The van der Waals surface area contributed by atoms with Crippen molar-refractivity contribution in [3.8, 4) is 0 Å². The summed E-state index contributed by atoms with van der Waals surface area (Å²) in [6.45, 7) is 9.51. The van der Waals surface area contributed by atoms with Crippen LogP contribution in [0.25, 0.3) is 6.08 Å². The number of hydrogen-bond acceptors (Lipinski definition) is 4. The van der Waals surface area contributed by atoms with Crippen molar-refractivity contribution in [1.29, 1.82) is 0 Å². The molecule has 0 radical (unpaired) electrons. The van der Waals surface area contributed by atoms with Gasteiger partial charge in [-0.3, -0.25) is 14.5 Å². The summed E-state index contributed by atoms with van der Waals surface area (Å²) >= 11 is 1.38. The minimum Gasteiger partial charge on any atom is -0.289 e. The molecule has 0 saturated carbocycles. The molecule has 1 aromatic heterocycles. The van der Waals surface area contributed by atoms with Gasteiger partial charge in [0, 0.05) is 17.9 Å². The third-order valence-corrected chi connectivity index (χ3v) is 5.72. The van der Waals surface area contributed by atoms with E-state index in [1.807, 2.05) is 69.5 Å². The van der Waals surface area contributed by atoms with Gasteiger partial charge in [-0.15, -0.1) is 11.3 Å². The van der Waals surface area contributed by atoms with Crippen molar-refractivity contribution in [3.63, 3.8) is 0 Å². The molecule has 0 spiro atoms. The summed E-state index contributed by atoms with van der Waals surface area (Å²) in [6.07, 6.45) is 3.22. The van der Waals surface area contributed by atoms with Gasteiger partial charge in [-0.05, 0) is 68.2 Å². The summed E-state index contributed by atoms with van der Waals surface area (Å²) in [4.78, 5) is 31.1. The molecule has 1 heterocycles. The van der Waals surface area contributed by atoms with Crippen LogP contribution in [0.3, 0.4) is 0 Å². The van der Waals surface area contributed by atoms with Gasteiger partial charge < -0.3 is 0 Å². The molecule has 0 N–H and O–H groups in total. The van der Waals surface area contributed by atoms with Crippen molar-refractivity contribution in [2.45, 2.75) is 34.6 Å². The topological polar surface area (TPSA) is 50.3 Å². The highest BCUT2D eigenvalue weighted by Gasteiger charge is 2.21. The van der Waals surface area contributed by atoms with Gasteiger partial charge in [0.05, 0.1) is 11.4 Å². The monoisotopic (exact) mass is 404 g/mol. The lowest BCUT2D eigenvalue weighted by atomic mass is 10.0. The van der Waals surface area contributed by atoms with Crippen LogP contribution in [0.5, 0.6) is 0 Å². The molecule has 0 bridgehead atoms. The van der Waals surface area contributed by atoms with E-state index in [2.05, 4.69) is 4.98 Å². The number of hydrogen-bond donors (Lipinski definition) is 0. The first kappa shape index (κ1) is 20.7. The highest BCUT2D eigenvalue weighted by Crippen LogP contribution is 2.33. The number of rotatable bonds is 5. The first-order valence-corrected chi connectivity index (χ1v) is 10.3. The number of aryl methyl sites for hydroxylation is 4. The van der Waals surface area contributed by atoms with E-state index in [0.29, 0.717) is 16.4 Å². The average Bonchev–Trinajstić information content (AvgIpc) is 3.13. The number of allylic oxidation sites excluding steroid dienone is 1. The van der Waals surface area contributed by atoms with Crippen molar-refractivity contribution in [2.24, 2.45) is 0 Å². The summed E-state index contributed by atoms with van der Waals surface area (Å²) in [5, 5.41) is 2.44. The second-order valence-corrected chi connectivity index (χ2v) is 7.98. The Balaban J connectivity index is 1.87. The number of aromatic nitrogens is 1. The van der Waals surface area contributed by atoms with Gasteiger partial charge in [0.15, 0.2) is 10.9 Å². The van der Waals surface area contributed by atoms with Crippen LogP contribution in [0.1, 0.15) is 45.2 Å². The van der Waals surface area contributed by atoms with Gasteiger partial charge in [0.2, 0.25) is 5.91 Å². The van der Waals surface area contributed by atoms with E-state index >= 15 is 0 Å². The van der Waals surface area contributed by atoms with Crippen LogP contribution in [0.4, 0.5) is 10.8 Å². The van der Waals surface area contributed by atoms with Gasteiger partial charge in [-0.25, -0.2) is 4.98 Å². The number of anilines is 2. The highest BCUT2D eigenvalue weighted by molar-refractivity contribution is 7.14. The maximum atomic E-state index is 12.5. The lowest BCUT2D eigenvalue weighted by Crippen LogP contribution is -2.24. The predicted molar refractivity (Wildman–Crippen MR) is 120 cm³/mol. The van der Waals surface area contributed by atoms with Crippen LogP contribution in [0.15, 0.2) is 47.9 Å². The molecule has 0 atom stereocenters. The Bertz CT molecular complexity index is 1090. The van der Waals surface area contributed by atoms with Crippen molar-refractivity contribution in [3.05, 3.63) is 81.4 Å². The molecule has 0 aliphatic rings. The molecule has 5 heteroatoms. The van der Waals surface area contributed by atoms with E-state index in [9.17, 15) is 9.59 Å². The second-order valence-electron chi connectivity index (χ2n) is 7.15. The summed E-state index contributed by atoms with van der Waals surface area (Å²) in [6, 6.07) is 11.6. The molecule has 0 saturated heterocycles. The molecule has 1 amide bonds. The largest absolute Gasteiger partial charge is 0.289 e. The maximum absolute atomic E-state index is 12.5. The second kappa shape index (κ2) is 8.53. The maximum Gasteiger partial charge on any atom is 0.230 e. The quantitative estimate of drug-likeness (QED) is 0.389. The van der Waals surface area contributed by atoms with Crippen molar-refractivity contribution in [2.75, 3.05) is 4.90 Å². The van der Waals surface area contributed by atoms with Gasteiger partial charge in [-0.1, -0.05) is 30.3 Å². The number of para-hydroxylation sites is 1. The normalized spacial score (nSPS) is 11.1. The lowest BCUT2D eigenvalue weighted by molar-refractivity contribution is -0.115. The molecule has 0 aliphatic heterocycles. The van der Waals surface area contributed by atoms with E-state index in [1.165, 1.54) is 24.3 Å². The zero-order chi connectivity index (χ0) is 21.1. The summed E-state index contributed by atoms with van der Waals surface area (Å²) < 4.78 is 0. The molecular weight excluding hydrogens is 380 g/mol. The zero-order valence-corrected chi connectivity index (χ0v) is 18.1. The predicted octanol–water partition coefficient (Wildman–Crippen LogP) is 5.96. The molecule has 0 unspecified atom stereocenters.